The molecule has 4 heteroatoms. The van der Waals surface area contributed by atoms with Gasteiger partial charge >= 0.3 is 0 Å². The molecule has 0 heterocycles. The zero-order chi connectivity index (χ0) is 20.9. The summed E-state index contributed by atoms with van der Waals surface area (Å²) in [4.78, 5) is 12.5. The predicted molar refractivity (Wildman–Crippen MR) is 123 cm³/mol. The number of fused-ring (bicyclic) bond motifs is 2. The zero-order valence-corrected chi connectivity index (χ0v) is 17.1. The van der Waals surface area contributed by atoms with Crippen molar-refractivity contribution in [3.05, 3.63) is 90.0 Å². The molecule has 0 saturated carbocycles. The monoisotopic (exact) mass is 396 g/mol. The van der Waals surface area contributed by atoms with Crippen LogP contribution in [0.4, 0.5) is 0 Å². The second-order valence-corrected chi connectivity index (χ2v) is 7.66. The lowest BCUT2D eigenvalue weighted by Gasteiger charge is -2.09. The molecule has 0 aliphatic carbocycles. The van der Waals surface area contributed by atoms with E-state index in [1.165, 1.54) is 0 Å². The van der Waals surface area contributed by atoms with Gasteiger partial charge in [0.1, 0.15) is 5.75 Å². The van der Waals surface area contributed by atoms with Crippen LogP contribution in [0.15, 0.2) is 84.0 Å². The van der Waals surface area contributed by atoms with Crippen molar-refractivity contribution in [1.82, 2.24) is 5.43 Å². The summed E-state index contributed by atoms with van der Waals surface area (Å²) in [6, 6.07) is 25.6. The molecule has 0 aliphatic heterocycles. The van der Waals surface area contributed by atoms with Gasteiger partial charge in [0.15, 0.2) is 0 Å². The minimum atomic E-state index is -0.258. The Bertz CT molecular complexity index is 1160. The topological polar surface area (TPSA) is 50.7 Å². The van der Waals surface area contributed by atoms with E-state index in [1.54, 1.807) is 30.5 Å². The van der Waals surface area contributed by atoms with Gasteiger partial charge in [-0.25, -0.2) is 5.43 Å². The number of nitrogens with zero attached hydrogens (tertiary/aromatic N) is 1. The van der Waals surface area contributed by atoms with Crippen molar-refractivity contribution in [2.45, 2.75) is 13.8 Å². The lowest BCUT2D eigenvalue weighted by atomic mass is 9.97. The van der Waals surface area contributed by atoms with Gasteiger partial charge in [-0.05, 0) is 57.8 Å². The number of benzene rings is 4. The van der Waals surface area contributed by atoms with Crippen LogP contribution < -0.4 is 10.2 Å². The SMILES string of the molecule is CC(C)COc1ccc(C(=O)NN=Cc2c3ccccc3cc3ccccc23)cc1. The summed E-state index contributed by atoms with van der Waals surface area (Å²) < 4.78 is 5.66. The van der Waals surface area contributed by atoms with Gasteiger partial charge in [-0.3, -0.25) is 4.79 Å². The highest BCUT2D eigenvalue weighted by Gasteiger charge is 2.07. The number of ether oxygens (including phenoxy) is 1. The molecular formula is C26H24N2O2. The summed E-state index contributed by atoms with van der Waals surface area (Å²) in [7, 11) is 0. The third-order valence-corrected chi connectivity index (χ3v) is 4.87. The van der Waals surface area contributed by atoms with Crippen LogP contribution in [0.5, 0.6) is 5.75 Å². The van der Waals surface area contributed by atoms with Crippen LogP contribution in [0, 0.1) is 5.92 Å². The van der Waals surface area contributed by atoms with Gasteiger partial charge in [0.2, 0.25) is 0 Å². The van der Waals surface area contributed by atoms with Crippen LogP contribution in [0.25, 0.3) is 21.5 Å². The molecule has 1 N–H and O–H groups in total. The van der Waals surface area contributed by atoms with Gasteiger partial charge in [-0.15, -0.1) is 0 Å². The van der Waals surface area contributed by atoms with Gasteiger partial charge in [0, 0.05) is 11.1 Å². The summed E-state index contributed by atoms with van der Waals surface area (Å²) in [6.45, 7) is 4.84. The van der Waals surface area contributed by atoms with Gasteiger partial charge in [0.25, 0.3) is 5.91 Å². The van der Waals surface area contributed by atoms with E-state index in [0.29, 0.717) is 18.1 Å². The highest BCUT2D eigenvalue weighted by molar-refractivity contribution is 6.13. The van der Waals surface area contributed by atoms with Crippen molar-refractivity contribution in [1.29, 1.82) is 0 Å². The number of amides is 1. The normalized spacial score (nSPS) is 11.4. The Morgan fingerprint density at radius 1 is 0.933 bits per heavy atom. The van der Waals surface area contributed by atoms with Crippen LogP contribution in [-0.4, -0.2) is 18.7 Å². The third kappa shape index (κ3) is 4.33. The molecule has 0 fully saturated rings. The van der Waals surface area contributed by atoms with Crippen LogP contribution in [0.3, 0.4) is 0 Å². The molecule has 4 nitrogen and oxygen atoms in total. The number of hydrogen-bond donors (Lipinski definition) is 1. The van der Waals surface area contributed by atoms with E-state index in [0.717, 1.165) is 32.9 Å². The van der Waals surface area contributed by atoms with E-state index in [1.807, 2.05) is 24.3 Å². The van der Waals surface area contributed by atoms with Gasteiger partial charge in [-0.1, -0.05) is 62.4 Å². The second kappa shape index (κ2) is 8.78. The Labute approximate surface area is 176 Å². The highest BCUT2D eigenvalue weighted by Crippen LogP contribution is 2.27. The molecule has 0 unspecified atom stereocenters. The number of rotatable bonds is 6. The first-order chi connectivity index (χ1) is 14.6. The molecule has 0 aliphatic rings. The maximum absolute atomic E-state index is 12.5. The molecule has 0 saturated heterocycles. The number of hydrazone groups is 1. The Kier molecular flexibility index (Phi) is 5.75. The average Bonchev–Trinajstić information content (AvgIpc) is 2.77. The van der Waals surface area contributed by atoms with Crippen molar-refractivity contribution in [3.63, 3.8) is 0 Å². The number of hydrogen-bond acceptors (Lipinski definition) is 3. The Morgan fingerprint density at radius 2 is 1.53 bits per heavy atom. The molecule has 1 amide bonds. The van der Waals surface area contributed by atoms with Crippen molar-refractivity contribution >= 4 is 33.7 Å². The summed E-state index contributed by atoms with van der Waals surface area (Å²) in [6.07, 6.45) is 1.72. The summed E-state index contributed by atoms with van der Waals surface area (Å²) >= 11 is 0. The minimum Gasteiger partial charge on any atom is -0.493 e. The van der Waals surface area contributed by atoms with E-state index < -0.39 is 0 Å². The fraction of sp³-hybridized carbons (Fsp3) is 0.154. The second-order valence-electron chi connectivity index (χ2n) is 7.66. The van der Waals surface area contributed by atoms with Crippen LogP contribution in [0.2, 0.25) is 0 Å². The molecule has 4 aromatic rings. The molecule has 0 atom stereocenters. The maximum Gasteiger partial charge on any atom is 0.271 e. The van der Waals surface area contributed by atoms with Gasteiger partial charge < -0.3 is 4.74 Å². The zero-order valence-electron chi connectivity index (χ0n) is 17.1. The fourth-order valence-electron chi connectivity index (χ4n) is 3.37. The summed E-state index contributed by atoms with van der Waals surface area (Å²) in [5.74, 6) is 0.949. The van der Waals surface area contributed by atoms with Gasteiger partial charge in [-0.2, -0.15) is 5.10 Å². The van der Waals surface area contributed by atoms with E-state index in [4.69, 9.17) is 4.74 Å². The fourth-order valence-corrected chi connectivity index (χ4v) is 3.37. The Morgan fingerprint density at radius 3 is 2.13 bits per heavy atom. The largest absolute Gasteiger partial charge is 0.493 e. The molecule has 30 heavy (non-hydrogen) atoms. The Hall–Kier alpha value is -3.66. The number of carbonyl (C=O) groups is 1. The first-order valence-corrected chi connectivity index (χ1v) is 10.1. The van der Waals surface area contributed by atoms with Gasteiger partial charge in [0.05, 0.1) is 12.8 Å². The van der Waals surface area contributed by atoms with E-state index in [9.17, 15) is 4.79 Å². The maximum atomic E-state index is 12.5. The highest BCUT2D eigenvalue weighted by atomic mass is 16.5. The van der Waals surface area contributed by atoms with Crippen molar-refractivity contribution in [3.8, 4) is 5.75 Å². The lowest BCUT2D eigenvalue weighted by molar-refractivity contribution is 0.0955. The predicted octanol–water partition coefficient (Wildman–Crippen LogP) is 5.79. The van der Waals surface area contributed by atoms with Crippen molar-refractivity contribution in [2.24, 2.45) is 11.0 Å². The molecule has 4 aromatic carbocycles. The molecule has 150 valence electrons. The average molecular weight is 396 g/mol. The standard InChI is InChI=1S/C26H24N2O2/c1-18(2)17-30-22-13-11-19(12-14-22)26(29)28-27-16-25-23-9-5-3-7-20(23)15-21-8-4-6-10-24(21)25/h3-16,18H,17H2,1-2H3,(H,28,29). The molecule has 0 radical (unpaired) electrons. The third-order valence-electron chi connectivity index (χ3n) is 4.87. The molecular weight excluding hydrogens is 372 g/mol. The molecule has 0 spiro atoms. The van der Waals surface area contributed by atoms with Crippen LogP contribution >= 0.6 is 0 Å². The van der Waals surface area contributed by atoms with E-state index in [2.05, 4.69) is 54.7 Å². The van der Waals surface area contributed by atoms with Crippen LogP contribution in [0.1, 0.15) is 29.8 Å². The first-order valence-electron chi connectivity index (χ1n) is 10.1. The molecule has 4 rings (SSSR count). The molecule has 0 aromatic heterocycles. The Balaban J connectivity index is 1.54. The smallest absolute Gasteiger partial charge is 0.271 e. The molecule has 0 bridgehead atoms. The minimum absolute atomic E-state index is 0.258. The quantitative estimate of drug-likeness (QED) is 0.255. The summed E-state index contributed by atoms with van der Waals surface area (Å²) in [5.41, 5.74) is 4.16. The van der Waals surface area contributed by atoms with Crippen molar-refractivity contribution in [2.75, 3.05) is 6.61 Å². The lowest BCUT2D eigenvalue weighted by Crippen LogP contribution is -2.17. The van der Waals surface area contributed by atoms with E-state index in [-0.39, 0.29) is 5.91 Å². The van der Waals surface area contributed by atoms with Crippen LogP contribution in [-0.2, 0) is 0 Å². The van der Waals surface area contributed by atoms with Crippen molar-refractivity contribution < 1.29 is 9.53 Å². The van der Waals surface area contributed by atoms with E-state index >= 15 is 0 Å². The first kappa shape index (κ1) is 19.6. The summed E-state index contributed by atoms with van der Waals surface area (Å²) in [5, 5.41) is 8.72. The number of nitrogens with one attached hydrogen (secondary N) is 1. The number of carbonyl (C=O) groups excluding carboxylic acids is 1.